The first-order valence-corrected chi connectivity index (χ1v) is 6.59. The van der Waals surface area contributed by atoms with Gasteiger partial charge in [0.1, 0.15) is 0 Å². The maximum atomic E-state index is 12.1. The van der Waals surface area contributed by atoms with Gasteiger partial charge in [0.25, 0.3) is 5.69 Å². The molecule has 0 radical (unpaired) electrons. The molecule has 1 aromatic carbocycles. The highest BCUT2D eigenvalue weighted by Crippen LogP contribution is 2.13. The second kappa shape index (κ2) is 7.37. The summed E-state index contributed by atoms with van der Waals surface area (Å²) >= 11 is 0. The van der Waals surface area contributed by atoms with E-state index in [1.54, 1.807) is 13.8 Å². The zero-order valence-electron chi connectivity index (χ0n) is 12.0. The first-order valence-electron chi connectivity index (χ1n) is 6.59. The van der Waals surface area contributed by atoms with Crippen LogP contribution in [0.1, 0.15) is 19.4 Å². The Morgan fingerprint density at radius 2 is 1.90 bits per heavy atom. The van der Waals surface area contributed by atoms with Crippen LogP contribution in [0.4, 0.5) is 5.69 Å². The Morgan fingerprint density at radius 1 is 1.33 bits per heavy atom. The van der Waals surface area contributed by atoms with E-state index in [0.29, 0.717) is 12.1 Å². The number of hydrogen-bond acceptors (Lipinski definition) is 4. The molecule has 1 rings (SSSR count). The molecule has 0 aliphatic heterocycles. The number of hydrogen-bond donors (Lipinski definition) is 1. The summed E-state index contributed by atoms with van der Waals surface area (Å²) in [7, 11) is 0. The first kappa shape index (κ1) is 16.6. The van der Waals surface area contributed by atoms with Gasteiger partial charge in [-0.15, -0.1) is 0 Å². The molecule has 0 heterocycles. The van der Waals surface area contributed by atoms with Gasteiger partial charge in [-0.1, -0.05) is 19.1 Å². The molecular weight excluding hydrogens is 276 g/mol. The Morgan fingerprint density at radius 3 is 2.33 bits per heavy atom. The van der Waals surface area contributed by atoms with Crippen LogP contribution < -0.4 is 0 Å². The van der Waals surface area contributed by atoms with Crippen LogP contribution in [0.15, 0.2) is 24.3 Å². The third kappa shape index (κ3) is 4.87. The highest BCUT2D eigenvalue weighted by atomic mass is 16.6. The summed E-state index contributed by atoms with van der Waals surface area (Å²) in [6, 6.07) is 5.76. The molecule has 0 aromatic heterocycles. The van der Waals surface area contributed by atoms with E-state index >= 15 is 0 Å². The van der Waals surface area contributed by atoms with Crippen LogP contribution in [0.25, 0.3) is 0 Å². The molecule has 114 valence electrons. The number of carboxylic acid groups (broad SMARTS) is 1. The largest absolute Gasteiger partial charge is 0.481 e. The number of non-ortho nitro benzene ring substituents is 1. The maximum Gasteiger partial charge on any atom is 0.308 e. The summed E-state index contributed by atoms with van der Waals surface area (Å²) in [6.45, 7) is 3.90. The standard InChI is InChI=1S/C14H18N2O5/c1-3-15(9-10(2)14(18)19)13(17)8-11-4-6-12(7-5-11)16(20)21/h4-7,10H,3,8-9H2,1-2H3,(H,18,19). The smallest absolute Gasteiger partial charge is 0.308 e. The second-order valence-corrected chi connectivity index (χ2v) is 4.77. The van der Waals surface area contributed by atoms with Gasteiger partial charge in [0.2, 0.25) is 5.91 Å². The number of likely N-dealkylation sites (N-methyl/N-ethyl adjacent to an activating group) is 1. The van der Waals surface area contributed by atoms with E-state index in [1.807, 2.05) is 0 Å². The molecule has 0 fully saturated rings. The van der Waals surface area contributed by atoms with Crippen molar-refractivity contribution in [3.8, 4) is 0 Å². The number of carbonyl (C=O) groups is 2. The maximum absolute atomic E-state index is 12.1. The van der Waals surface area contributed by atoms with Gasteiger partial charge >= 0.3 is 5.97 Å². The SMILES string of the molecule is CCN(CC(C)C(=O)O)C(=O)Cc1ccc([N+](=O)[O-])cc1. The Bertz CT molecular complexity index is 527. The molecule has 0 bridgehead atoms. The minimum absolute atomic E-state index is 0.0296. The lowest BCUT2D eigenvalue weighted by Crippen LogP contribution is -2.37. The van der Waals surface area contributed by atoms with Gasteiger partial charge in [0.15, 0.2) is 0 Å². The van der Waals surface area contributed by atoms with Crippen LogP contribution in [0.3, 0.4) is 0 Å². The average Bonchev–Trinajstić information content (AvgIpc) is 2.44. The molecule has 1 unspecified atom stereocenters. The van der Waals surface area contributed by atoms with Gasteiger partial charge in [-0.2, -0.15) is 0 Å². The quantitative estimate of drug-likeness (QED) is 0.609. The molecule has 7 heteroatoms. The average molecular weight is 294 g/mol. The van der Waals surface area contributed by atoms with E-state index in [4.69, 9.17) is 5.11 Å². The fourth-order valence-corrected chi connectivity index (χ4v) is 1.84. The predicted molar refractivity (Wildman–Crippen MR) is 75.9 cm³/mol. The Hall–Kier alpha value is -2.44. The van der Waals surface area contributed by atoms with Crippen molar-refractivity contribution < 1.29 is 19.6 Å². The topological polar surface area (TPSA) is 101 Å². The van der Waals surface area contributed by atoms with Crippen molar-refractivity contribution in [2.45, 2.75) is 20.3 Å². The highest BCUT2D eigenvalue weighted by Gasteiger charge is 2.19. The van der Waals surface area contributed by atoms with Gasteiger partial charge in [-0.25, -0.2) is 0 Å². The summed E-state index contributed by atoms with van der Waals surface area (Å²) in [5.41, 5.74) is 0.630. The zero-order valence-corrected chi connectivity index (χ0v) is 12.0. The molecule has 1 atom stereocenters. The summed E-state index contributed by atoms with van der Waals surface area (Å²) in [5.74, 6) is -1.78. The number of carbonyl (C=O) groups excluding carboxylic acids is 1. The van der Waals surface area contributed by atoms with Crippen molar-refractivity contribution in [2.75, 3.05) is 13.1 Å². The number of aliphatic carboxylic acids is 1. The molecule has 0 saturated carbocycles. The molecule has 0 aliphatic rings. The molecule has 0 aliphatic carbocycles. The van der Waals surface area contributed by atoms with Gasteiger partial charge < -0.3 is 10.0 Å². The summed E-state index contributed by atoms with van der Waals surface area (Å²) in [4.78, 5) is 34.5. The molecule has 1 amide bonds. The fraction of sp³-hybridized carbons (Fsp3) is 0.429. The van der Waals surface area contributed by atoms with Gasteiger partial charge in [-0.3, -0.25) is 19.7 Å². The number of benzene rings is 1. The van der Waals surface area contributed by atoms with Crippen molar-refractivity contribution in [3.63, 3.8) is 0 Å². The normalized spacial score (nSPS) is 11.7. The number of carboxylic acids is 1. The predicted octanol–water partition coefficient (Wildman–Crippen LogP) is 1.71. The molecular formula is C14H18N2O5. The molecule has 0 spiro atoms. The van der Waals surface area contributed by atoms with Crippen LogP contribution in [0, 0.1) is 16.0 Å². The van der Waals surface area contributed by atoms with Crippen LogP contribution in [-0.4, -0.2) is 39.9 Å². The van der Waals surface area contributed by atoms with Crippen LogP contribution in [-0.2, 0) is 16.0 Å². The monoisotopic (exact) mass is 294 g/mol. The van der Waals surface area contributed by atoms with E-state index in [0.717, 1.165) is 0 Å². The van der Waals surface area contributed by atoms with E-state index in [1.165, 1.54) is 29.2 Å². The lowest BCUT2D eigenvalue weighted by Gasteiger charge is -2.23. The van der Waals surface area contributed by atoms with Crippen LogP contribution in [0.5, 0.6) is 0 Å². The lowest BCUT2D eigenvalue weighted by atomic mass is 10.1. The van der Waals surface area contributed by atoms with Crippen molar-refractivity contribution in [2.24, 2.45) is 5.92 Å². The van der Waals surface area contributed by atoms with E-state index < -0.39 is 16.8 Å². The minimum atomic E-state index is -0.948. The van der Waals surface area contributed by atoms with Crippen molar-refractivity contribution >= 4 is 17.6 Å². The van der Waals surface area contributed by atoms with Gasteiger partial charge in [0.05, 0.1) is 17.3 Å². The molecule has 7 nitrogen and oxygen atoms in total. The number of amides is 1. The Kier molecular flexibility index (Phi) is 5.83. The Labute approximate surface area is 122 Å². The first-order chi connectivity index (χ1) is 9.85. The molecule has 21 heavy (non-hydrogen) atoms. The third-order valence-electron chi connectivity index (χ3n) is 3.15. The number of rotatable bonds is 7. The third-order valence-corrected chi connectivity index (χ3v) is 3.15. The Balaban J connectivity index is 2.69. The van der Waals surface area contributed by atoms with Gasteiger partial charge in [-0.05, 0) is 12.5 Å². The molecule has 0 saturated heterocycles. The van der Waals surface area contributed by atoms with E-state index in [9.17, 15) is 19.7 Å². The summed E-state index contributed by atoms with van der Waals surface area (Å²) < 4.78 is 0. The summed E-state index contributed by atoms with van der Waals surface area (Å²) in [5, 5.41) is 19.4. The number of nitro groups is 1. The number of nitro benzene ring substituents is 1. The van der Waals surface area contributed by atoms with Crippen LogP contribution in [0.2, 0.25) is 0 Å². The minimum Gasteiger partial charge on any atom is -0.481 e. The van der Waals surface area contributed by atoms with Crippen molar-refractivity contribution in [3.05, 3.63) is 39.9 Å². The molecule has 1 aromatic rings. The highest BCUT2D eigenvalue weighted by molar-refractivity contribution is 5.79. The van der Waals surface area contributed by atoms with E-state index in [2.05, 4.69) is 0 Å². The summed E-state index contributed by atoms with van der Waals surface area (Å²) in [6.07, 6.45) is 0.0954. The molecule has 1 N–H and O–H groups in total. The van der Waals surface area contributed by atoms with Crippen molar-refractivity contribution in [1.29, 1.82) is 0 Å². The van der Waals surface area contributed by atoms with Crippen molar-refractivity contribution in [1.82, 2.24) is 4.90 Å². The van der Waals surface area contributed by atoms with E-state index in [-0.39, 0.29) is 24.6 Å². The lowest BCUT2D eigenvalue weighted by molar-refractivity contribution is -0.384. The number of nitrogens with zero attached hydrogens (tertiary/aromatic N) is 2. The van der Waals surface area contributed by atoms with Gasteiger partial charge in [0, 0.05) is 25.2 Å². The zero-order chi connectivity index (χ0) is 16.0. The van der Waals surface area contributed by atoms with Crippen LogP contribution >= 0.6 is 0 Å². The fourth-order valence-electron chi connectivity index (χ4n) is 1.84. The second-order valence-electron chi connectivity index (χ2n) is 4.77.